The number of nitrogens with one attached hydrogen (secondary N) is 1. The Morgan fingerprint density at radius 1 is 1.47 bits per heavy atom. The second-order valence-corrected chi connectivity index (χ2v) is 4.63. The number of ether oxygens (including phenoxy) is 1. The summed E-state index contributed by atoms with van der Waals surface area (Å²) < 4.78 is 5.09. The van der Waals surface area contributed by atoms with E-state index in [0.717, 1.165) is 25.9 Å². The first-order valence-corrected chi connectivity index (χ1v) is 6.88. The highest BCUT2D eigenvalue weighted by Gasteiger charge is 2.22. The molecule has 17 heavy (non-hydrogen) atoms. The molecular formula is C13H26N2O2. The van der Waals surface area contributed by atoms with Crippen molar-refractivity contribution in [1.29, 1.82) is 0 Å². The molecule has 1 fully saturated rings. The predicted octanol–water partition coefficient (Wildman–Crippen LogP) is 1.40. The van der Waals surface area contributed by atoms with Crippen molar-refractivity contribution in [1.82, 2.24) is 10.2 Å². The molecule has 4 nitrogen and oxygen atoms in total. The molecule has 0 spiro atoms. The fraction of sp³-hybridized carbons (Fsp3) is 0.923. The number of likely N-dealkylation sites (tertiary alicyclic amines) is 1. The van der Waals surface area contributed by atoms with Gasteiger partial charge in [-0.3, -0.25) is 9.69 Å². The molecule has 0 aromatic rings. The lowest BCUT2D eigenvalue weighted by molar-refractivity contribution is -0.142. The molecule has 4 heteroatoms. The average Bonchev–Trinajstić information content (AvgIpc) is 2.77. The summed E-state index contributed by atoms with van der Waals surface area (Å²) in [5.41, 5.74) is 0. The minimum atomic E-state index is -0.125. The largest absolute Gasteiger partial charge is 0.465 e. The van der Waals surface area contributed by atoms with E-state index in [2.05, 4.69) is 24.1 Å². The van der Waals surface area contributed by atoms with Gasteiger partial charge in [0.2, 0.25) is 0 Å². The molecule has 1 N–H and O–H groups in total. The lowest BCUT2D eigenvalue weighted by atomic mass is 10.2. The van der Waals surface area contributed by atoms with Crippen molar-refractivity contribution >= 4 is 5.97 Å². The van der Waals surface area contributed by atoms with Gasteiger partial charge in [0.15, 0.2) is 0 Å². The molecule has 0 bridgehead atoms. The van der Waals surface area contributed by atoms with Gasteiger partial charge in [-0.1, -0.05) is 20.3 Å². The second kappa shape index (κ2) is 8.48. The van der Waals surface area contributed by atoms with Crippen LogP contribution in [0, 0.1) is 0 Å². The van der Waals surface area contributed by atoms with Crippen molar-refractivity contribution in [3.05, 3.63) is 0 Å². The van der Waals surface area contributed by atoms with Crippen LogP contribution in [0.15, 0.2) is 0 Å². The van der Waals surface area contributed by atoms with Crippen LogP contribution < -0.4 is 5.32 Å². The van der Waals surface area contributed by atoms with Crippen LogP contribution in [0.1, 0.15) is 39.5 Å². The van der Waals surface area contributed by atoms with Gasteiger partial charge < -0.3 is 10.1 Å². The first-order chi connectivity index (χ1) is 8.27. The Kier molecular flexibility index (Phi) is 7.21. The van der Waals surface area contributed by atoms with E-state index in [1.807, 2.05) is 0 Å². The number of nitrogens with zero attached hydrogens (tertiary/aromatic N) is 1. The molecule has 100 valence electrons. The summed E-state index contributed by atoms with van der Waals surface area (Å²) in [4.78, 5) is 13.8. The molecular weight excluding hydrogens is 216 g/mol. The minimum absolute atomic E-state index is 0.125. The van der Waals surface area contributed by atoms with Crippen molar-refractivity contribution in [3.63, 3.8) is 0 Å². The molecule has 1 aliphatic rings. The Bertz CT molecular complexity index is 221. The third kappa shape index (κ3) is 5.50. The summed E-state index contributed by atoms with van der Waals surface area (Å²) in [6.07, 6.45) is 4.54. The first-order valence-electron chi connectivity index (χ1n) is 6.88. The number of carbonyl (C=O) groups excluding carboxylic acids is 1. The van der Waals surface area contributed by atoms with E-state index >= 15 is 0 Å². The second-order valence-electron chi connectivity index (χ2n) is 4.63. The van der Waals surface area contributed by atoms with E-state index < -0.39 is 0 Å². The fourth-order valence-electron chi connectivity index (χ4n) is 2.26. The molecule has 0 aliphatic carbocycles. The van der Waals surface area contributed by atoms with Crippen LogP contribution in [0.3, 0.4) is 0 Å². The third-order valence-electron chi connectivity index (χ3n) is 3.32. The topological polar surface area (TPSA) is 41.6 Å². The molecule has 0 saturated carbocycles. The SMILES string of the molecule is CCCCOC(=O)CNCC1CCCN1CC. The van der Waals surface area contributed by atoms with Crippen LogP contribution in [0.2, 0.25) is 0 Å². The summed E-state index contributed by atoms with van der Waals surface area (Å²) in [6.45, 7) is 8.38. The molecule has 1 heterocycles. The van der Waals surface area contributed by atoms with Crippen LogP contribution >= 0.6 is 0 Å². The predicted molar refractivity (Wildman–Crippen MR) is 69.0 cm³/mol. The van der Waals surface area contributed by atoms with Crippen molar-refractivity contribution in [2.45, 2.75) is 45.6 Å². The molecule has 1 atom stereocenters. The fourth-order valence-corrected chi connectivity index (χ4v) is 2.26. The van der Waals surface area contributed by atoms with Crippen molar-refractivity contribution < 1.29 is 9.53 Å². The smallest absolute Gasteiger partial charge is 0.319 e. The molecule has 1 aliphatic heterocycles. The van der Waals surface area contributed by atoms with Crippen molar-refractivity contribution in [2.75, 3.05) is 32.8 Å². The molecule has 0 amide bonds. The van der Waals surface area contributed by atoms with Gasteiger partial charge in [-0.2, -0.15) is 0 Å². The first kappa shape index (κ1) is 14.5. The monoisotopic (exact) mass is 242 g/mol. The van der Waals surface area contributed by atoms with E-state index in [0.29, 0.717) is 19.2 Å². The van der Waals surface area contributed by atoms with Crippen LogP contribution in [0.5, 0.6) is 0 Å². The summed E-state index contributed by atoms with van der Waals surface area (Å²) in [7, 11) is 0. The highest BCUT2D eigenvalue weighted by molar-refractivity contribution is 5.71. The zero-order chi connectivity index (χ0) is 12.5. The number of hydrogen-bond donors (Lipinski definition) is 1. The van der Waals surface area contributed by atoms with E-state index in [-0.39, 0.29) is 5.97 Å². The lowest BCUT2D eigenvalue weighted by Crippen LogP contribution is -2.39. The zero-order valence-corrected chi connectivity index (χ0v) is 11.2. The minimum Gasteiger partial charge on any atom is -0.465 e. The number of rotatable bonds is 8. The quantitative estimate of drug-likeness (QED) is 0.516. The Balaban J connectivity index is 2.04. The lowest BCUT2D eigenvalue weighted by Gasteiger charge is -2.22. The van der Waals surface area contributed by atoms with E-state index in [4.69, 9.17) is 4.74 Å². The molecule has 0 aromatic carbocycles. The van der Waals surface area contributed by atoms with Gasteiger partial charge in [0.25, 0.3) is 0 Å². The molecule has 0 radical (unpaired) electrons. The van der Waals surface area contributed by atoms with Crippen LogP contribution in [-0.2, 0) is 9.53 Å². The number of unbranched alkanes of at least 4 members (excludes halogenated alkanes) is 1. The van der Waals surface area contributed by atoms with Crippen molar-refractivity contribution in [2.24, 2.45) is 0 Å². The average molecular weight is 242 g/mol. The van der Waals surface area contributed by atoms with Gasteiger partial charge >= 0.3 is 5.97 Å². The Morgan fingerprint density at radius 2 is 2.29 bits per heavy atom. The zero-order valence-electron chi connectivity index (χ0n) is 11.2. The third-order valence-corrected chi connectivity index (χ3v) is 3.32. The van der Waals surface area contributed by atoms with E-state index in [1.54, 1.807) is 0 Å². The standard InChI is InChI=1S/C13H26N2O2/c1-3-5-9-17-13(16)11-14-10-12-7-6-8-15(12)4-2/h12,14H,3-11H2,1-2H3. The Labute approximate surface area is 105 Å². The number of hydrogen-bond acceptors (Lipinski definition) is 4. The summed E-state index contributed by atoms with van der Waals surface area (Å²) in [6, 6.07) is 0.600. The van der Waals surface area contributed by atoms with Gasteiger partial charge in [-0.15, -0.1) is 0 Å². The number of likely N-dealkylation sites (N-methyl/N-ethyl adjacent to an activating group) is 1. The summed E-state index contributed by atoms with van der Waals surface area (Å²) >= 11 is 0. The summed E-state index contributed by atoms with van der Waals surface area (Å²) in [5, 5.41) is 3.20. The normalized spacial score (nSPS) is 20.7. The Hall–Kier alpha value is -0.610. The van der Waals surface area contributed by atoms with E-state index in [9.17, 15) is 4.79 Å². The maximum Gasteiger partial charge on any atom is 0.319 e. The van der Waals surface area contributed by atoms with Gasteiger partial charge in [0, 0.05) is 12.6 Å². The summed E-state index contributed by atoms with van der Waals surface area (Å²) in [5.74, 6) is -0.125. The molecule has 1 rings (SSSR count). The van der Waals surface area contributed by atoms with Gasteiger partial charge in [0.05, 0.1) is 13.2 Å². The van der Waals surface area contributed by atoms with E-state index in [1.165, 1.54) is 19.4 Å². The number of carbonyl (C=O) groups is 1. The van der Waals surface area contributed by atoms with Crippen LogP contribution in [-0.4, -0.2) is 49.7 Å². The molecule has 1 unspecified atom stereocenters. The van der Waals surface area contributed by atoms with Gasteiger partial charge in [-0.25, -0.2) is 0 Å². The van der Waals surface area contributed by atoms with Crippen LogP contribution in [0.4, 0.5) is 0 Å². The Morgan fingerprint density at radius 3 is 3.00 bits per heavy atom. The maximum absolute atomic E-state index is 11.3. The molecule has 0 aromatic heterocycles. The van der Waals surface area contributed by atoms with Gasteiger partial charge in [0.1, 0.15) is 0 Å². The molecule has 1 saturated heterocycles. The maximum atomic E-state index is 11.3. The highest BCUT2D eigenvalue weighted by atomic mass is 16.5. The van der Waals surface area contributed by atoms with Crippen molar-refractivity contribution in [3.8, 4) is 0 Å². The number of esters is 1. The van der Waals surface area contributed by atoms with Gasteiger partial charge in [-0.05, 0) is 32.4 Å². The van der Waals surface area contributed by atoms with Crippen LogP contribution in [0.25, 0.3) is 0 Å². The highest BCUT2D eigenvalue weighted by Crippen LogP contribution is 2.15.